The molecule has 33 heavy (non-hydrogen) atoms. The van der Waals surface area contributed by atoms with E-state index in [2.05, 4.69) is 122 Å². The quantitative estimate of drug-likeness (QED) is 0.233. The molecule has 0 heterocycles. The Hall–Kier alpha value is -4.16. The van der Waals surface area contributed by atoms with Crippen LogP contribution >= 0.6 is 0 Å². The molecule has 0 unspecified atom stereocenters. The number of hydrogen-bond donors (Lipinski definition) is 0. The van der Waals surface area contributed by atoms with Crippen LogP contribution in [0.25, 0.3) is 65.0 Å². The summed E-state index contributed by atoms with van der Waals surface area (Å²) in [4.78, 5) is 0. The third kappa shape index (κ3) is 2.64. The molecule has 0 aliphatic carbocycles. The molecule has 7 rings (SSSR count). The first-order valence-corrected chi connectivity index (χ1v) is 11.5. The van der Waals surface area contributed by atoms with Gasteiger partial charge >= 0.3 is 0 Å². The molecule has 0 radical (unpaired) electrons. The largest absolute Gasteiger partial charge is 0.0616 e. The summed E-state index contributed by atoms with van der Waals surface area (Å²) in [5, 5.41) is 13.3. The third-order valence-electron chi connectivity index (χ3n) is 7.09. The second-order valence-corrected chi connectivity index (χ2v) is 9.01. The van der Waals surface area contributed by atoms with Crippen LogP contribution in [0.15, 0.2) is 115 Å². The molecule has 0 nitrogen and oxygen atoms in total. The maximum Gasteiger partial charge on any atom is -0.00137 e. The molecule has 0 saturated heterocycles. The van der Waals surface area contributed by atoms with Gasteiger partial charge in [0.2, 0.25) is 0 Å². The van der Waals surface area contributed by atoms with Crippen molar-refractivity contribution in [3.05, 3.63) is 121 Å². The molecule has 7 aromatic carbocycles. The van der Waals surface area contributed by atoms with Gasteiger partial charge in [0, 0.05) is 0 Å². The van der Waals surface area contributed by atoms with Crippen molar-refractivity contribution >= 4 is 53.9 Å². The summed E-state index contributed by atoms with van der Waals surface area (Å²) in [6, 6.07) is 42.5. The van der Waals surface area contributed by atoms with Crippen LogP contribution in [-0.4, -0.2) is 0 Å². The molecule has 0 aromatic heterocycles. The van der Waals surface area contributed by atoms with Gasteiger partial charge in [-0.15, -0.1) is 0 Å². The van der Waals surface area contributed by atoms with Crippen LogP contribution in [0.5, 0.6) is 0 Å². The van der Waals surface area contributed by atoms with Crippen molar-refractivity contribution in [2.75, 3.05) is 0 Å². The van der Waals surface area contributed by atoms with Crippen LogP contribution in [0.4, 0.5) is 0 Å². The van der Waals surface area contributed by atoms with E-state index in [4.69, 9.17) is 0 Å². The van der Waals surface area contributed by atoms with Crippen LogP contribution < -0.4 is 0 Å². The highest BCUT2D eigenvalue weighted by Crippen LogP contribution is 2.44. The fourth-order valence-corrected chi connectivity index (χ4v) is 5.55. The Morgan fingerprint density at radius 3 is 1.24 bits per heavy atom. The van der Waals surface area contributed by atoms with E-state index in [0.29, 0.717) is 0 Å². The standard InChI is InChI=1S/C33H22/c1-21-14-16-22(17-15-21)23-18-19-27-26-10-4-6-12-29(26)32-28-11-5-2-8-24(28)25-9-3-7-13-30(25)33(32)31(27)20-23/h2-20H,1H3. The van der Waals surface area contributed by atoms with Crippen molar-refractivity contribution in [3.8, 4) is 11.1 Å². The lowest BCUT2D eigenvalue weighted by Gasteiger charge is -2.17. The highest BCUT2D eigenvalue weighted by molar-refractivity contribution is 6.39. The van der Waals surface area contributed by atoms with Crippen LogP contribution in [0.1, 0.15) is 5.56 Å². The number of aryl methyl sites for hydroxylation is 1. The van der Waals surface area contributed by atoms with Crippen molar-refractivity contribution < 1.29 is 0 Å². The molecule has 0 aliphatic rings. The Labute approximate surface area is 192 Å². The molecule has 154 valence electrons. The number of rotatable bonds is 1. The molecule has 0 amide bonds. The predicted molar refractivity (Wildman–Crippen MR) is 144 cm³/mol. The summed E-state index contributed by atoms with van der Waals surface area (Å²) in [5.74, 6) is 0. The summed E-state index contributed by atoms with van der Waals surface area (Å²) >= 11 is 0. The Kier molecular flexibility index (Phi) is 3.86. The van der Waals surface area contributed by atoms with Gasteiger partial charge in [0.1, 0.15) is 0 Å². The van der Waals surface area contributed by atoms with Crippen LogP contribution in [0.3, 0.4) is 0 Å². The average molecular weight is 419 g/mol. The van der Waals surface area contributed by atoms with Crippen molar-refractivity contribution in [2.24, 2.45) is 0 Å². The molecule has 0 spiro atoms. The van der Waals surface area contributed by atoms with E-state index in [-0.39, 0.29) is 0 Å². The molecule has 0 bridgehead atoms. The molecule has 7 aromatic rings. The molecule has 0 atom stereocenters. The zero-order chi connectivity index (χ0) is 21.9. The normalized spacial score (nSPS) is 11.8. The number of fused-ring (bicyclic) bond motifs is 11. The van der Waals surface area contributed by atoms with Gasteiger partial charge in [-0.25, -0.2) is 0 Å². The lowest BCUT2D eigenvalue weighted by atomic mass is 9.86. The van der Waals surface area contributed by atoms with Gasteiger partial charge < -0.3 is 0 Å². The maximum atomic E-state index is 2.40. The first-order valence-electron chi connectivity index (χ1n) is 11.5. The molecule has 0 heteroatoms. The van der Waals surface area contributed by atoms with Crippen molar-refractivity contribution in [3.63, 3.8) is 0 Å². The summed E-state index contributed by atoms with van der Waals surface area (Å²) in [7, 11) is 0. The van der Waals surface area contributed by atoms with Gasteiger partial charge in [-0.1, -0.05) is 115 Å². The molecule has 0 saturated carbocycles. The maximum absolute atomic E-state index is 2.40. The molecule has 0 aliphatic heterocycles. The first-order chi connectivity index (χ1) is 16.3. The second kappa shape index (κ2) is 6.92. The van der Waals surface area contributed by atoms with Gasteiger partial charge in [-0.05, 0) is 78.0 Å². The fraction of sp³-hybridized carbons (Fsp3) is 0.0303. The molecular formula is C33H22. The SMILES string of the molecule is Cc1ccc(-c2ccc3c4ccccc4c4c5ccccc5c5ccccc5c4c3c2)cc1. The Bertz CT molecular complexity index is 1840. The topological polar surface area (TPSA) is 0 Å². The van der Waals surface area contributed by atoms with Crippen LogP contribution in [0.2, 0.25) is 0 Å². The Balaban J connectivity index is 1.78. The lowest BCUT2D eigenvalue weighted by Crippen LogP contribution is -1.89. The van der Waals surface area contributed by atoms with E-state index < -0.39 is 0 Å². The summed E-state index contributed by atoms with van der Waals surface area (Å²) < 4.78 is 0. The smallest absolute Gasteiger partial charge is 0.00137 e. The van der Waals surface area contributed by atoms with E-state index in [1.165, 1.54) is 70.6 Å². The summed E-state index contributed by atoms with van der Waals surface area (Å²) in [6.07, 6.45) is 0. The van der Waals surface area contributed by atoms with Gasteiger partial charge in [0.25, 0.3) is 0 Å². The number of hydrogen-bond acceptors (Lipinski definition) is 0. The van der Waals surface area contributed by atoms with Crippen molar-refractivity contribution in [1.29, 1.82) is 0 Å². The number of benzene rings is 7. The highest BCUT2D eigenvalue weighted by Gasteiger charge is 2.15. The van der Waals surface area contributed by atoms with Crippen molar-refractivity contribution in [2.45, 2.75) is 6.92 Å². The fourth-order valence-electron chi connectivity index (χ4n) is 5.55. The Morgan fingerprint density at radius 1 is 0.333 bits per heavy atom. The average Bonchev–Trinajstić information content (AvgIpc) is 2.88. The summed E-state index contributed by atoms with van der Waals surface area (Å²) in [6.45, 7) is 2.14. The van der Waals surface area contributed by atoms with Crippen LogP contribution in [0, 0.1) is 6.92 Å². The third-order valence-corrected chi connectivity index (χ3v) is 7.09. The lowest BCUT2D eigenvalue weighted by molar-refractivity contribution is 1.47. The minimum absolute atomic E-state index is 1.26. The van der Waals surface area contributed by atoms with E-state index >= 15 is 0 Å². The minimum Gasteiger partial charge on any atom is -0.0616 e. The monoisotopic (exact) mass is 418 g/mol. The van der Waals surface area contributed by atoms with E-state index in [0.717, 1.165) is 0 Å². The summed E-state index contributed by atoms with van der Waals surface area (Å²) in [5.41, 5.74) is 3.80. The van der Waals surface area contributed by atoms with Crippen LogP contribution in [-0.2, 0) is 0 Å². The molecule has 0 N–H and O–H groups in total. The predicted octanol–water partition coefficient (Wildman–Crippen LogP) is 9.43. The van der Waals surface area contributed by atoms with E-state index in [9.17, 15) is 0 Å². The second-order valence-electron chi connectivity index (χ2n) is 9.01. The zero-order valence-electron chi connectivity index (χ0n) is 18.5. The van der Waals surface area contributed by atoms with Gasteiger partial charge in [-0.3, -0.25) is 0 Å². The van der Waals surface area contributed by atoms with E-state index in [1.54, 1.807) is 0 Å². The van der Waals surface area contributed by atoms with Gasteiger partial charge in [0.15, 0.2) is 0 Å². The molecular weight excluding hydrogens is 396 g/mol. The van der Waals surface area contributed by atoms with E-state index in [1.807, 2.05) is 0 Å². The highest BCUT2D eigenvalue weighted by atomic mass is 14.2. The minimum atomic E-state index is 1.26. The van der Waals surface area contributed by atoms with Crippen molar-refractivity contribution in [1.82, 2.24) is 0 Å². The Morgan fingerprint density at radius 2 is 0.727 bits per heavy atom. The zero-order valence-corrected chi connectivity index (χ0v) is 18.5. The van der Waals surface area contributed by atoms with Gasteiger partial charge in [-0.2, -0.15) is 0 Å². The first kappa shape index (κ1) is 18.4. The molecule has 0 fully saturated rings. The van der Waals surface area contributed by atoms with Gasteiger partial charge in [0.05, 0.1) is 0 Å².